The van der Waals surface area contributed by atoms with Gasteiger partial charge in [-0.05, 0) is 64.2 Å². The van der Waals surface area contributed by atoms with E-state index >= 15 is 0 Å². The number of unbranched alkanes of at least 4 members (excludes halogenated alkanes) is 22. The van der Waals surface area contributed by atoms with Crippen LogP contribution in [0.5, 0.6) is 0 Å². The monoisotopic (exact) mass is 667 g/mol. The largest absolute Gasteiger partial charge is 0.394 e. The van der Waals surface area contributed by atoms with Gasteiger partial charge in [0.2, 0.25) is 0 Å². The first-order valence-corrected chi connectivity index (χ1v) is 20.6. The van der Waals surface area contributed by atoms with Crippen LogP contribution in [0.25, 0.3) is 0 Å². The summed E-state index contributed by atoms with van der Waals surface area (Å²) >= 11 is 0. The lowest BCUT2D eigenvalue weighted by atomic mass is 10.0. The zero-order valence-electron chi connectivity index (χ0n) is 31.4. The summed E-state index contributed by atoms with van der Waals surface area (Å²) in [6.45, 7) is 4.02. The van der Waals surface area contributed by atoms with Gasteiger partial charge in [0.05, 0.1) is 37.6 Å². The Morgan fingerprint density at radius 1 is 0.404 bits per heavy atom. The smallest absolute Gasteiger partial charge is 0.0795 e. The third kappa shape index (κ3) is 34.9. The van der Waals surface area contributed by atoms with Gasteiger partial charge in [0.25, 0.3) is 0 Å². The molecule has 4 unspecified atom stereocenters. The van der Waals surface area contributed by atoms with Crippen LogP contribution in [0.1, 0.15) is 206 Å². The van der Waals surface area contributed by atoms with Gasteiger partial charge in [-0.15, -0.1) is 0 Å². The van der Waals surface area contributed by atoms with Crippen molar-refractivity contribution in [2.45, 2.75) is 231 Å². The molecule has 280 valence electrons. The predicted octanol–water partition coefficient (Wildman–Crippen LogP) is 11.3. The molecule has 4 N–H and O–H groups in total. The molecular formula is C42H82O5. The summed E-state index contributed by atoms with van der Waals surface area (Å²) in [5.74, 6) is 0. The molecule has 5 heteroatoms. The van der Waals surface area contributed by atoms with Gasteiger partial charge in [0.1, 0.15) is 0 Å². The number of hydrogen-bond donors (Lipinski definition) is 4. The summed E-state index contributed by atoms with van der Waals surface area (Å²) in [5.41, 5.74) is 0. The lowest BCUT2D eigenvalue weighted by Gasteiger charge is -2.28. The van der Waals surface area contributed by atoms with Gasteiger partial charge in [-0.2, -0.15) is 0 Å². The summed E-state index contributed by atoms with van der Waals surface area (Å²) in [7, 11) is 0. The molecule has 0 heterocycles. The van der Waals surface area contributed by atoms with E-state index in [0.29, 0.717) is 12.8 Å². The van der Waals surface area contributed by atoms with E-state index in [2.05, 4.69) is 38.2 Å². The fraction of sp³-hybridized carbons (Fsp3) is 0.905. The van der Waals surface area contributed by atoms with E-state index in [9.17, 15) is 20.4 Å². The first-order chi connectivity index (χ1) is 23.1. The van der Waals surface area contributed by atoms with Gasteiger partial charge >= 0.3 is 0 Å². The molecule has 0 radical (unpaired) electrons. The van der Waals surface area contributed by atoms with Crippen molar-refractivity contribution in [1.29, 1.82) is 0 Å². The minimum absolute atomic E-state index is 0.138. The maximum Gasteiger partial charge on any atom is 0.0795 e. The van der Waals surface area contributed by atoms with Gasteiger partial charge in [-0.1, -0.05) is 154 Å². The number of ether oxygens (including phenoxy) is 1. The van der Waals surface area contributed by atoms with E-state index in [1.165, 1.54) is 141 Å². The number of aliphatic hydroxyl groups is 4. The quantitative estimate of drug-likeness (QED) is 0.0389. The number of allylic oxidation sites excluding steroid dienone is 4. The van der Waals surface area contributed by atoms with Crippen LogP contribution in [0.4, 0.5) is 0 Å². The first kappa shape index (κ1) is 46.3. The molecule has 0 aromatic rings. The SMILES string of the molecule is CCCCCCCCC=CCCCCCCCC(CC(O)CO)OC(CCCCCCCC=CCCCCCCCC)CC(O)CO. The van der Waals surface area contributed by atoms with Crippen LogP contribution < -0.4 is 0 Å². The molecule has 0 bridgehead atoms. The van der Waals surface area contributed by atoms with E-state index < -0.39 is 12.2 Å². The van der Waals surface area contributed by atoms with Crippen LogP contribution in [0.3, 0.4) is 0 Å². The summed E-state index contributed by atoms with van der Waals surface area (Å²) in [6.07, 6.45) is 43.0. The Morgan fingerprint density at radius 3 is 0.979 bits per heavy atom. The Bertz CT molecular complexity index is 597. The average molecular weight is 667 g/mol. The minimum atomic E-state index is -0.786. The second-order valence-electron chi connectivity index (χ2n) is 14.3. The molecule has 0 spiro atoms. The van der Waals surface area contributed by atoms with E-state index in [1.54, 1.807) is 0 Å². The topological polar surface area (TPSA) is 90.2 Å². The van der Waals surface area contributed by atoms with Crippen LogP contribution in [0.2, 0.25) is 0 Å². The van der Waals surface area contributed by atoms with Crippen molar-refractivity contribution in [3.8, 4) is 0 Å². The van der Waals surface area contributed by atoms with Crippen LogP contribution >= 0.6 is 0 Å². The molecule has 0 aliphatic heterocycles. The van der Waals surface area contributed by atoms with E-state index in [1.807, 2.05) is 0 Å². The summed E-state index contributed by atoms with van der Waals surface area (Å²) < 4.78 is 6.47. The molecule has 0 amide bonds. The van der Waals surface area contributed by atoms with Crippen molar-refractivity contribution in [2.75, 3.05) is 13.2 Å². The van der Waals surface area contributed by atoms with Crippen LogP contribution in [0, 0.1) is 0 Å². The second kappa shape index (κ2) is 38.1. The molecule has 0 fully saturated rings. The highest BCUT2D eigenvalue weighted by Crippen LogP contribution is 2.22. The molecule has 0 saturated heterocycles. The second-order valence-corrected chi connectivity index (χ2v) is 14.3. The molecule has 0 aromatic carbocycles. The van der Waals surface area contributed by atoms with Gasteiger partial charge in [0.15, 0.2) is 0 Å². The fourth-order valence-electron chi connectivity index (χ4n) is 6.40. The van der Waals surface area contributed by atoms with Crippen molar-refractivity contribution in [3.05, 3.63) is 24.3 Å². The normalized spacial score (nSPS) is 14.8. The lowest BCUT2D eigenvalue weighted by Crippen LogP contribution is -2.31. The van der Waals surface area contributed by atoms with E-state index in [4.69, 9.17) is 4.74 Å². The summed E-state index contributed by atoms with van der Waals surface area (Å²) in [4.78, 5) is 0. The molecule has 0 aliphatic carbocycles. The summed E-state index contributed by atoms with van der Waals surface area (Å²) in [6, 6.07) is 0. The highest BCUT2D eigenvalue weighted by atomic mass is 16.5. The number of hydrogen-bond acceptors (Lipinski definition) is 5. The molecule has 4 atom stereocenters. The first-order valence-electron chi connectivity index (χ1n) is 20.6. The molecule has 0 saturated carbocycles. The highest BCUT2D eigenvalue weighted by molar-refractivity contribution is 4.82. The number of aliphatic hydroxyl groups excluding tert-OH is 4. The van der Waals surface area contributed by atoms with Crippen molar-refractivity contribution < 1.29 is 25.2 Å². The lowest BCUT2D eigenvalue weighted by molar-refractivity contribution is -0.0712. The third-order valence-electron chi connectivity index (χ3n) is 9.45. The molecular weight excluding hydrogens is 584 g/mol. The third-order valence-corrected chi connectivity index (χ3v) is 9.45. The predicted molar refractivity (Wildman–Crippen MR) is 203 cm³/mol. The molecule has 47 heavy (non-hydrogen) atoms. The maximum atomic E-state index is 10.2. The van der Waals surface area contributed by atoms with Crippen LogP contribution in [-0.4, -0.2) is 58.1 Å². The Kier molecular flexibility index (Phi) is 37.5. The highest BCUT2D eigenvalue weighted by Gasteiger charge is 2.22. The van der Waals surface area contributed by atoms with Crippen molar-refractivity contribution in [2.24, 2.45) is 0 Å². The van der Waals surface area contributed by atoms with Gasteiger partial charge in [-0.25, -0.2) is 0 Å². The minimum Gasteiger partial charge on any atom is -0.394 e. The Morgan fingerprint density at radius 2 is 0.681 bits per heavy atom. The number of rotatable bonds is 38. The van der Waals surface area contributed by atoms with Crippen LogP contribution in [-0.2, 0) is 4.74 Å². The average Bonchev–Trinajstić information content (AvgIpc) is 3.07. The van der Waals surface area contributed by atoms with Gasteiger partial charge < -0.3 is 25.2 Å². The molecule has 0 aromatic heterocycles. The van der Waals surface area contributed by atoms with Crippen molar-refractivity contribution >= 4 is 0 Å². The maximum absolute atomic E-state index is 10.2. The Balaban J connectivity index is 4.23. The van der Waals surface area contributed by atoms with E-state index in [-0.39, 0.29) is 25.4 Å². The Hall–Kier alpha value is -0.720. The zero-order valence-corrected chi connectivity index (χ0v) is 31.4. The fourth-order valence-corrected chi connectivity index (χ4v) is 6.40. The summed E-state index contributed by atoms with van der Waals surface area (Å²) in [5, 5.41) is 39.3. The zero-order chi connectivity index (χ0) is 34.5. The van der Waals surface area contributed by atoms with Crippen molar-refractivity contribution in [1.82, 2.24) is 0 Å². The van der Waals surface area contributed by atoms with Gasteiger partial charge in [0, 0.05) is 12.8 Å². The van der Waals surface area contributed by atoms with Gasteiger partial charge in [-0.3, -0.25) is 0 Å². The molecule has 0 rings (SSSR count). The Labute approximate surface area is 293 Å². The van der Waals surface area contributed by atoms with Crippen LogP contribution in [0.15, 0.2) is 24.3 Å². The van der Waals surface area contributed by atoms with Crippen molar-refractivity contribution in [3.63, 3.8) is 0 Å². The van der Waals surface area contributed by atoms with E-state index in [0.717, 1.165) is 38.5 Å². The molecule has 5 nitrogen and oxygen atoms in total. The standard InChI is InChI=1S/C42H82O5/c1-3-5-7-9-11-13-15-17-19-21-23-25-27-29-31-33-41(35-39(45)37-43)47-42(36-40(46)38-44)34-32-30-28-26-24-22-20-18-16-14-12-10-8-6-4-2/h17-20,39-46H,3-16,21-38H2,1-2H3. The molecule has 0 aliphatic rings.